The molecule has 1 spiro atoms. The smallest absolute Gasteiger partial charge is 0.276 e. The fraction of sp³-hybridized carbons (Fsp3) is 0.467. The Morgan fingerprint density at radius 2 is 2.18 bits per heavy atom. The van der Waals surface area contributed by atoms with Crippen molar-refractivity contribution in [3.05, 3.63) is 30.2 Å². The summed E-state index contributed by atoms with van der Waals surface area (Å²) in [6.07, 6.45) is 3.29. The number of aromatic nitrogens is 1. The molecule has 2 fully saturated rings. The maximum Gasteiger partial charge on any atom is 0.276 e. The lowest BCUT2D eigenvalue weighted by Gasteiger charge is -2.37. The molecule has 2 aliphatic rings. The van der Waals surface area contributed by atoms with Crippen LogP contribution in [0.1, 0.15) is 23.3 Å². The summed E-state index contributed by atoms with van der Waals surface area (Å²) < 4.78 is 16.3. The Hall–Kier alpha value is -1.73. The van der Waals surface area contributed by atoms with E-state index in [9.17, 15) is 4.79 Å². The third-order valence-electron chi connectivity index (χ3n) is 4.12. The van der Waals surface area contributed by atoms with Gasteiger partial charge in [-0.25, -0.2) is 0 Å². The molecule has 0 bridgehead atoms. The van der Waals surface area contributed by atoms with Gasteiger partial charge in [-0.3, -0.25) is 4.79 Å². The van der Waals surface area contributed by atoms with Gasteiger partial charge in [-0.05, 0) is 12.1 Å². The molecular weight excluding hydrogens is 304 g/mol. The molecule has 0 N–H and O–H groups in total. The van der Waals surface area contributed by atoms with E-state index in [1.807, 2.05) is 16.7 Å². The van der Waals surface area contributed by atoms with Gasteiger partial charge in [0.1, 0.15) is 4.93 Å². The lowest BCUT2D eigenvalue weighted by molar-refractivity contribution is 0.00328. The summed E-state index contributed by atoms with van der Waals surface area (Å²) in [5.74, 6) is 1.99. The summed E-state index contributed by atoms with van der Waals surface area (Å²) in [6, 6.07) is 5.17. The maximum absolute atomic E-state index is 12.5. The average molecular weight is 320 g/mol. The molecule has 7 heteroatoms. The van der Waals surface area contributed by atoms with Crippen LogP contribution in [-0.2, 0) is 4.74 Å². The summed E-state index contributed by atoms with van der Waals surface area (Å²) in [4.78, 5) is 14.3. The number of thioether (sulfide) groups is 1. The molecule has 0 saturated carbocycles. The van der Waals surface area contributed by atoms with Gasteiger partial charge in [-0.1, -0.05) is 5.16 Å². The van der Waals surface area contributed by atoms with Gasteiger partial charge in [0.25, 0.3) is 5.91 Å². The third-order valence-corrected chi connectivity index (χ3v) is 5.54. The van der Waals surface area contributed by atoms with Gasteiger partial charge < -0.3 is 18.6 Å². The highest BCUT2D eigenvalue weighted by atomic mass is 32.2. The second-order valence-corrected chi connectivity index (χ2v) is 6.89. The molecule has 6 nitrogen and oxygen atoms in total. The number of likely N-dealkylation sites (tertiary alicyclic amines) is 1. The van der Waals surface area contributed by atoms with Crippen LogP contribution < -0.4 is 0 Å². The Kier molecular flexibility index (Phi) is 3.46. The molecular formula is C15H16N2O4S. The summed E-state index contributed by atoms with van der Waals surface area (Å²) in [5.41, 5.74) is 0.322. The molecule has 2 aliphatic heterocycles. The van der Waals surface area contributed by atoms with Crippen molar-refractivity contribution in [2.45, 2.75) is 17.8 Å². The van der Waals surface area contributed by atoms with E-state index in [4.69, 9.17) is 13.7 Å². The summed E-state index contributed by atoms with van der Waals surface area (Å²) >= 11 is 1.87. The standard InChI is InChI=1S/C15H16N2O4S/c18-14(11-10-13(21-16-11)12-2-1-7-19-12)17-5-3-15(4-6-17)20-8-9-22-15/h1-2,7,10H,3-6,8-9H2. The second-order valence-electron chi connectivity index (χ2n) is 5.45. The monoisotopic (exact) mass is 320 g/mol. The van der Waals surface area contributed by atoms with Gasteiger partial charge in [0.05, 0.1) is 12.9 Å². The highest BCUT2D eigenvalue weighted by Crippen LogP contribution is 2.41. The molecule has 1 amide bonds. The van der Waals surface area contributed by atoms with E-state index in [0.29, 0.717) is 30.3 Å². The van der Waals surface area contributed by atoms with E-state index >= 15 is 0 Å². The van der Waals surface area contributed by atoms with Crippen molar-refractivity contribution in [2.75, 3.05) is 25.4 Å². The molecule has 116 valence electrons. The van der Waals surface area contributed by atoms with E-state index in [1.165, 1.54) is 0 Å². The molecule has 0 aliphatic carbocycles. The molecule has 0 atom stereocenters. The van der Waals surface area contributed by atoms with E-state index in [-0.39, 0.29) is 10.8 Å². The number of hydrogen-bond donors (Lipinski definition) is 0. The zero-order valence-electron chi connectivity index (χ0n) is 12.0. The first-order valence-electron chi connectivity index (χ1n) is 7.34. The van der Waals surface area contributed by atoms with Crippen LogP contribution in [0.5, 0.6) is 0 Å². The predicted octanol–water partition coefficient (Wildman–Crippen LogP) is 2.63. The van der Waals surface area contributed by atoms with Crippen LogP contribution in [0.3, 0.4) is 0 Å². The van der Waals surface area contributed by atoms with Crippen LogP contribution in [0.2, 0.25) is 0 Å². The fourth-order valence-electron chi connectivity index (χ4n) is 2.91. The van der Waals surface area contributed by atoms with Gasteiger partial charge in [0.15, 0.2) is 11.5 Å². The number of amides is 1. The Balaban J connectivity index is 1.44. The lowest BCUT2D eigenvalue weighted by Crippen LogP contribution is -2.45. The highest BCUT2D eigenvalue weighted by Gasteiger charge is 2.40. The molecule has 4 heterocycles. The van der Waals surface area contributed by atoms with Gasteiger partial charge in [0.2, 0.25) is 5.76 Å². The first-order chi connectivity index (χ1) is 10.8. The second kappa shape index (κ2) is 5.48. The Bertz CT molecular complexity index is 651. The van der Waals surface area contributed by atoms with Crippen molar-refractivity contribution in [3.8, 4) is 11.5 Å². The topological polar surface area (TPSA) is 68.7 Å². The number of rotatable bonds is 2. The minimum atomic E-state index is -0.0978. The Morgan fingerprint density at radius 1 is 1.32 bits per heavy atom. The molecule has 22 heavy (non-hydrogen) atoms. The number of furan rings is 1. The predicted molar refractivity (Wildman–Crippen MR) is 80.5 cm³/mol. The number of nitrogens with zero attached hydrogens (tertiary/aromatic N) is 2. The van der Waals surface area contributed by atoms with Crippen LogP contribution >= 0.6 is 11.8 Å². The van der Waals surface area contributed by atoms with Crippen LogP contribution in [-0.4, -0.2) is 46.3 Å². The number of ether oxygens (including phenoxy) is 1. The number of carbonyl (C=O) groups is 1. The lowest BCUT2D eigenvalue weighted by atomic mass is 10.1. The van der Waals surface area contributed by atoms with Gasteiger partial charge in [-0.2, -0.15) is 0 Å². The van der Waals surface area contributed by atoms with Crippen molar-refractivity contribution in [2.24, 2.45) is 0 Å². The van der Waals surface area contributed by atoms with E-state index in [1.54, 1.807) is 24.5 Å². The largest absolute Gasteiger partial charge is 0.461 e. The molecule has 0 radical (unpaired) electrons. The van der Waals surface area contributed by atoms with Crippen molar-refractivity contribution in [1.29, 1.82) is 0 Å². The van der Waals surface area contributed by atoms with E-state index < -0.39 is 0 Å². The minimum absolute atomic E-state index is 0.0695. The van der Waals surface area contributed by atoms with E-state index in [2.05, 4.69) is 5.16 Å². The molecule has 2 saturated heterocycles. The molecule has 2 aromatic rings. The molecule has 0 unspecified atom stereocenters. The fourth-order valence-corrected chi connectivity index (χ4v) is 4.09. The number of hydrogen-bond acceptors (Lipinski definition) is 6. The summed E-state index contributed by atoms with van der Waals surface area (Å²) in [6.45, 7) is 2.19. The van der Waals surface area contributed by atoms with E-state index in [0.717, 1.165) is 25.2 Å². The molecule has 0 aromatic carbocycles. The van der Waals surface area contributed by atoms with Gasteiger partial charge >= 0.3 is 0 Å². The Morgan fingerprint density at radius 3 is 2.86 bits per heavy atom. The van der Waals surface area contributed by atoms with Crippen molar-refractivity contribution < 1.29 is 18.5 Å². The first-order valence-corrected chi connectivity index (χ1v) is 8.32. The van der Waals surface area contributed by atoms with Crippen molar-refractivity contribution >= 4 is 17.7 Å². The Labute approximate surface area is 131 Å². The van der Waals surface area contributed by atoms with Crippen LogP contribution in [0.25, 0.3) is 11.5 Å². The van der Waals surface area contributed by atoms with Crippen molar-refractivity contribution in [1.82, 2.24) is 10.1 Å². The zero-order chi connectivity index (χ0) is 15.0. The minimum Gasteiger partial charge on any atom is -0.461 e. The van der Waals surface area contributed by atoms with Crippen LogP contribution in [0.15, 0.2) is 33.4 Å². The number of carbonyl (C=O) groups excluding carboxylic acids is 1. The van der Waals surface area contributed by atoms with Gasteiger partial charge in [0, 0.05) is 37.8 Å². The van der Waals surface area contributed by atoms with Crippen LogP contribution in [0.4, 0.5) is 0 Å². The first kappa shape index (κ1) is 13.9. The summed E-state index contributed by atoms with van der Waals surface area (Å²) in [7, 11) is 0. The summed E-state index contributed by atoms with van der Waals surface area (Å²) in [5, 5.41) is 3.87. The highest BCUT2D eigenvalue weighted by molar-refractivity contribution is 8.00. The quantitative estimate of drug-likeness (QED) is 0.847. The third kappa shape index (κ3) is 2.44. The normalized spacial score (nSPS) is 20.6. The van der Waals surface area contributed by atoms with Crippen LogP contribution in [0, 0.1) is 0 Å². The molecule has 4 rings (SSSR count). The maximum atomic E-state index is 12.5. The molecule has 2 aromatic heterocycles. The zero-order valence-corrected chi connectivity index (χ0v) is 12.8. The van der Waals surface area contributed by atoms with Crippen molar-refractivity contribution in [3.63, 3.8) is 0 Å². The SMILES string of the molecule is O=C(c1cc(-c2ccco2)on1)N1CCC2(CC1)OCCS2. The average Bonchev–Trinajstić information content (AvgIpc) is 3.29. The van der Waals surface area contributed by atoms with Gasteiger partial charge in [-0.15, -0.1) is 11.8 Å². The number of piperidine rings is 1.